The summed E-state index contributed by atoms with van der Waals surface area (Å²) in [5.41, 5.74) is 1.61. The van der Waals surface area contributed by atoms with Gasteiger partial charge in [0.15, 0.2) is 10.8 Å². The van der Waals surface area contributed by atoms with Gasteiger partial charge in [0, 0.05) is 5.56 Å². The maximum atomic E-state index is 9.70. The highest BCUT2D eigenvalue weighted by molar-refractivity contribution is 7.98. The summed E-state index contributed by atoms with van der Waals surface area (Å²) in [5, 5.41) is 14.3. The molecule has 0 aliphatic rings. The third kappa shape index (κ3) is 1.73. The van der Waals surface area contributed by atoms with Crippen molar-refractivity contribution < 1.29 is 5.11 Å². The van der Waals surface area contributed by atoms with E-state index in [0.717, 1.165) is 5.56 Å². The van der Waals surface area contributed by atoms with Crippen LogP contribution in [0.5, 0.6) is 6.01 Å². The van der Waals surface area contributed by atoms with Crippen molar-refractivity contribution in [1.29, 1.82) is 0 Å². The minimum absolute atomic E-state index is 0.0573. The average molecular weight is 238 g/mol. The molecule has 0 aliphatic heterocycles. The predicted molar refractivity (Wildman–Crippen MR) is 62.9 cm³/mol. The lowest BCUT2D eigenvalue weighted by Gasteiger charge is -2.16. The highest BCUT2D eigenvalue weighted by Crippen LogP contribution is 2.27. The maximum absolute atomic E-state index is 9.70. The fourth-order valence-corrected chi connectivity index (χ4v) is 1.82. The second-order valence-electron chi connectivity index (χ2n) is 4.55. The highest BCUT2D eigenvalue weighted by atomic mass is 32.2. The molecule has 1 N–H and O–H groups in total. The predicted octanol–water partition coefficient (Wildman–Crippen LogP) is 1.85. The van der Waals surface area contributed by atoms with Gasteiger partial charge in [0.1, 0.15) is 0 Å². The monoisotopic (exact) mass is 238 g/mol. The van der Waals surface area contributed by atoms with E-state index in [1.54, 1.807) is 6.20 Å². The van der Waals surface area contributed by atoms with Gasteiger partial charge in [-0.25, -0.2) is 4.98 Å². The summed E-state index contributed by atoms with van der Waals surface area (Å²) >= 11 is 1.40. The molecular formula is C10H14N4OS. The molecule has 2 heterocycles. The van der Waals surface area contributed by atoms with Crippen molar-refractivity contribution in [1.82, 2.24) is 19.6 Å². The van der Waals surface area contributed by atoms with E-state index in [2.05, 4.69) is 35.8 Å². The van der Waals surface area contributed by atoms with Gasteiger partial charge >= 0.3 is 6.01 Å². The Morgan fingerprint density at radius 1 is 1.31 bits per heavy atom. The molecule has 0 aliphatic carbocycles. The Morgan fingerprint density at radius 3 is 2.56 bits per heavy atom. The lowest BCUT2D eigenvalue weighted by atomic mass is 9.89. The number of hydrogen-bond donors (Lipinski definition) is 1. The fraction of sp³-hybridized carbons (Fsp3) is 0.500. The lowest BCUT2D eigenvalue weighted by molar-refractivity contribution is 0.404. The molecule has 0 spiro atoms. The Labute approximate surface area is 97.9 Å². The molecular weight excluding hydrogens is 224 g/mol. The van der Waals surface area contributed by atoms with Crippen LogP contribution in [0.2, 0.25) is 0 Å². The number of thioether (sulfide) groups is 1. The van der Waals surface area contributed by atoms with Gasteiger partial charge < -0.3 is 5.11 Å². The molecule has 0 bridgehead atoms. The molecule has 0 saturated heterocycles. The van der Waals surface area contributed by atoms with Crippen molar-refractivity contribution in [3.63, 3.8) is 0 Å². The zero-order valence-electron chi connectivity index (χ0n) is 9.72. The van der Waals surface area contributed by atoms with Crippen molar-refractivity contribution in [2.75, 3.05) is 6.26 Å². The summed E-state index contributed by atoms with van der Waals surface area (Å²) < 4.78 is 1.36. The van der Waals surface area contributed by atoms with E-state index >= 15 is 0 Å². The van der Waals surface area contributed by atoms with Crippen molar-refractivity contribution in [2.24, 2.45) is 0 Å². The maximum Gasteiger partial charge on any atom is 0.319 e. The number of nitrogens with zero attached hydrogens (tertiary/aromatic N) is 4. The molecule has 2 aromatic heterocycles. The first-order valence-electron chi connectivity index (χ1n) is 4.92. The van der Waals surface area contributed by atoms with Gasteiger partial charge in [-0.05, 0) is 11.7 Å². The molecule has 2 aromatic rings. The standard InChI is InChI=1S/C10H14N4OS/c1-10(2,3)6-5-11-14-7(6)12-8(16-4)13-9(14)15/h5H,1-4H3,(H,12,13,15). The van der Waals surface area contributed by atoms with Crippen LogP contribution in [0.4, 0.5) is 0 Å². The van der Waals surface area contributed by atoms with Crippen LogP contribution in [0.1, 0.15) is 26.3 Å². The Hall–Kier alpha value is -1.30. The fourth-order valence-electron chi connectivity index (χ4n) is 1.46. The van der Waals surface area contributed by atoms with E-state index in [1.165, 1.54) is 16.3 Å². The minimum Gasteiger partial charge on any atom is -0.479 e. The summed E-state index contributed by atoms with van der Waals surface area (Å²) in [6.45, 7) is 6.26. The van der Waals surface area contributed by atoms with Gasteiger partial charge in [0.25, 0.3) is 0 Å². The number of hydrogen-bond acceptors (Lipinski definition) is 5. The molecule has 2 rings (SSSR count). The molecule has 16 heavy (non-hydrogen) atoms. The van der Waals surface area contributed by atoms with Crippen LogP contribution >= 0.6 is 11.8 Å². The molecule has 0 aromatic carbocycles. The summed E-state index contributed by atoms with van der Waals surface area (Å²) in [7, 11) is 0. The first-order chi connectivity index (χ1) is 7.43. The third-order valence-electron chi connectivity index (χ3n) is 2.32. The average Bonchev–Trinajstić information content (AvgIpc) is 2.60. The highest BCUT2D eigenvalue weighted by Gasteiger charge is 2.21. The lowest BCUT2D eigenvalue weighted by Crippen LogP contribution is -2.11. The zero-order chi connectivity index (χ0) is 11.9. The molecule has 0 atom stereocenters. The topological polar surface area (TPSA) is 63.3 Å². The van der Waals surface area contributed by atoms with Crippen LogP contribution < -0.4 is 0 Å². The Balaban J connectivity index is 2.75. The summed E-state index contributed by atoms with van der Waals surface area (Å²) in [6, 6.07) is -0.121. The van der Waals surface area contributed by atoms with Crippen LogP contribution in [0.15, 0.2) is 11.4 Å². The Morgan fingerprint density at radius 2 is 2.00 bits per heavy atom. The van der Waals surface area contributed by atoms with Gasteiger partial charge in [-0.1, -0.05) is 32.5 Å². The van der Waals surface area contributed by atoms with E-state index in [4.69, 9.17) is 0 Å². The first-order valence-corrected chi connectivity index (χ1v) is 6.15. The summed E-state index contributed by atoms with van der Waals surface area (Å²) in [6.07, 6.45) is 3.60. The SMILES string of the molecule is CSc1nc(O)n2ncc(C(C)(C)C)c2n1. The van der Waals surface area contributed by atoms with Gasteiger partial charge in [-0.3, -0.25) is 0 Å². The van der Waals surface area contributed by atoms with Crippen molar-refractivity contribution in [3.05, 3.63) is 11.8 Å². The van der Waals surface area contributed by atoms with Gasteiger partial charge in [-0.15, -0.1) is 0 Å². The van der Waals surface area contributed by atoms with E-state index in [0.29, 0.717) is 10.8 Å². The quantitative estimate of drug-likeness (QED) is 0.768. The van der Waals surface area contributed by atoms with Crippen LogP contribution in [0.25, 0.3) is 5.65 Å². The largest absolute Gasteiger partial charge is 0.479 e. The third-order valence-corrected chi connectivity index (χ3v) is 2.87. The molecule has 0 unspecified atom stereocenters. The van der Waals surface area contributed by atoms with Gasteiger partial charge in [-0.2, -0.15) is 14.6 Å². The summed E-state index contributed by atoms with van der Waals surface area (Å²) in [4.78, 5) is 8.30. The van der Waals surface area contributed by atoms with Crippen LogP contribution in [0.3, 0.4) is 0 Å². The Bertz CT molecular complexity index is 529. The number of aromatic hydroxyl groups is 1. The number of rotatable bonds is 1. The molecule has 0 radical (unpaired) electrons. The van der Waals surface area contributed by atoms with Crippen LogP contribution in [-0.4, -0.2) is 30.9 Å². The summed E-state index contributed by atoms with van der Waals surface area (Å²) in [5.74, 6) is 0. The number of fused-ring (bicyclic) bond motifs is 1. The van der Waals surface area contributed by atoms with E-state index in [-0.39, 0.29) is 11.4 Å². The molecule has 6 heteroatoms. The van der Waals surface area contributed by atoms with Crippen LogP contribution in [0, 0.1) is 0 Å². The second kappa shape index (κ2) is 3.62. The van der Waals surface area contributed by atoms with Gasteiger partial charge in [0.05, 0.1) is 6.20 Å². The van der Waals surface area contributed by atoms with Crippen molar-refractivity contribution in [3.8, 4) is 6.01 Å². The Kier molecular flexibility index (Phi) is 2.53. The van der Waals surface area contributed by atoms with Crippen molar-refractivity contribution in [2.45, 2.75) is 31.3 Å². The minimum atomic E-state index is -0.121. The zero-order valence-corrected chi connectivity index (χ0v) is 10.5. The molecule has 5 nitrogen and oxygen atoms in total. The van der Waals surface area contributed by atoms with E-state index in [9.17, 15) is 5.11 Å². The molecule has 0 fully saturated rings. The van der Waals surface area contributed by atoms with Crippen molar-refractivity contribution >= 4 is 17.4 Å². The second-order valence-corrected chi connectivity index (χ2v) is 5.33. The molecule has 86 valence electrons. The molecule has 0 saturated carbocycles. The van der Waals surface area contributed by atoms with Gasteiger partial charge in [0.2, 0.25) is 0 Å². The normalized spacial score (nSPS) is 12.2. The first kappa shape index (κ1) is 11.2. The smallest absolute Gasteiger partial charge is 0.319 e. The van der Waals surface area contributed by atoms with Crippen LogP contribution in [-0.2, 0) is 5.41 Å². The van der Waals surface area contributed by atoms with E-state index in [1.807, 2.05) is 6.26 Å². The molecule has 0 amide bonds. The van der Waals surface area contributed by atoms with E-state index < -0.39 is 0 Å². The number of aromatic nitrogens is 4.